The van der Waals surface area contributed by atoms with E-state index in [1.54, 1.807) is 0 Å². The Morgan fingerprint density at radius 1 is 0.314 bits per heavy atom. The van der Waals surface area contributed by atoms with Gasteiger partial charge in [-0.2, -0.15) is 0 Å². The zero-order chi connectivity index (χ0) is 37.7. The monoisotopic (exact) mass is 886 g/mol. The molecule has 0 aliphatic rings. The number of hydrogen-bond donors (Lipinski definition) is 0. The number of unbranched alkanes of at least 4 members (excludes halogenated alkanes) is 16. The maximum Gasteiger partial charge on any atom is 0.515 e. The van der Waals surface area contributed by atoms with E-state index in [-0.39, 0.29) is 9.75 Å². The second-order valence-electron chi connectivity index (χ2n) is 12.5. The van der Waals surface area contributed by atoms with Crippen molar-refractivity contribution in [3.05, 3.63) is 0 Å². The van der Waals surface area contributed by atoms with Gasteiger partial charge in [-0.3, -0.25) is 0 Å². The highest BCUT2D eigenvalue weighted by molar-refractivity contribution is 9.46. The fraction of sp³-hybridized carbons (Fsp3) is 1.00. The first-order valence-electron chi connectivity index (χ1n) is 20.5. The number of hydrogen-bond acceptors (Lipinski definition) is 13. The highest BCUT2D eigenvalue weighted by Crippen LogP contribution is 2.58. The summed E-state index contributed by atoms with van der Waals surface area (Å²) in [6.45, 7) is 20.7. The van der Waals surface area contributed by atoms with Gasteiger partial charge in [0.2, 0.25) is 0 Å². The summed E-state index contributed by atoms with van der Waals surface area (Å²) in [6.07, 6.45) is 26.1. The molecule has 0 saturated carbocycles. The largest absolute Gasteiger partial charge is 0.515 e. The molecule has 308 valence electrons. The van der Waals surface area contributed by atoms with Crippen LogP contribution >= 0.6 is 70.7 Å². The summed E-state index contributed by atoms with van der Waals surface area (Å²) in [6, 6.07) is 0. The average Bonchev–Trinajstić information content (AvgIpc) is 3.11. The summed E-state index contributed by atoms with van der Waals surface area (Å²) in [7, 11) is 7.35. The summed E-state index contributed by atoms with van der Waals surface area (Å²) >= 11 is 0. The van der Waals surface area contributed by atoms with Crippen LogP contribution in [-0.4, -0.2) is 67.0 Å². The molecule has 0 bridgehead atoms. The van der Waals surface area contributed by atoms with Gasteiger partial charge in [0.05, 0.1) is 9.75 Å². The molecule has 0 spiro atoms. The van der Waals surface area contributed by atoms with E-state index in [2.05, 4.69) is 55.4 Å². The third-order valence-corrected chi connectivity index (χ3v) is 31.5. The minimum Gasteiger partial charge on any atom is -0.373 e. The predicted molar refractivity (Wildman–Crippen MR) is 246 cm³/mol. The van der Waals surface area contributed by atoms with Crippen LogP contribution in [0.25, 0.3) is 0 Å². The lowest BCUT2D eigenvalue weighted by Gasteiger charge is -2.34. The number of rotatable bonds is 42. The van der Waals surface area contributed by atoms with Crippen molar-refractivity contribution >= 4 is 88.3 Å². The second kappa shape index (κ2) is 39.5. The zero-order valence-electron chi connectivity index (χ0n) is 33.8. The van der Waals surface area contributed by atoms with Crippen LogP contribution in [0.3, 0.4) is 0 Å². The van der Waals surface area contributed by atoms with E-state index < -0.39 is 17.6 Å². The van der Waals surface area contributed by atoms with Crippen LogP contribution in [-0.2, 0) is 26.6 Å². The molecule has 0 radical (unpaired) electrons. The molecule has 0 saturated heterocycles. The van der Waals surface area contributed by atoms with Gasteiger partial charge in [-0.05, 0) is 104 Å². The van der Waals surface area contributed by atoms with Crippen molar-refractivity contribution in [2.24, 2.45) is 0 Å². The van der Waals surface area contributed by atoms with E-state index in [9.17, 15) is 0 Å². The van der Waals surface area contributed by atoms with Crippen LogP contribution in [0.15, 0.2) is 0 Å². The normalized spacial score (nSPS) is 13.6. The first-order valence-corrected chi connectivity index (χ1v) is 33.0. The Hall–Kier alpha value is 2.64. The summed E-state index contributed by atoms with van der Waals surface area (Å²) in [5, 5.41) is 0. The van der Waals surface area contributed by atoms with E-state index in [0.29, 0.717) is 39.6 Å². The van der Waals surface area contributed by atoms with Crippen molar-refractivity contribution in [1.29, 1.82) is 0 Å². The van der Waals surface area contributed by atoms with Crippen LogP contribution in [0, 0.1) is 0 Å². The SMILES string of the molecule is CCCCCCCCCCCC(SSSSSSSC(CCCCCCCCCCC)[Si](OCC)(OCC)OCC)[Si](OCC)(OCC)OCC. The molecule has 2 atom stereocenters. The third-order valence-electron chi connectivity index (χ3n) is 8.42. The van der Waals surface area contributed by atoms with Crippen molar-refractivity contribution in [1.82, 2.24) is 0 Å². The molecule has 6 nitrogen and oxygen atoms in total. The van der Waals surface area contributed by atoms with Crippen molar-refractivity contribution in [3.63, 3.8) is 0 Å². The molecule has 0 aromatic heterocycles. The Kier molecular flexibility index (Phi) is 41.5. The Morgan fingerprint density at radius 2 is 0.549 bits per heavy atom. The Balaban J connectivity index is 5.10. The molecule has 2 unspecified atom stereocenters. The molecule has 0 N–H and O–H groups in total. The fourth-order valence-corrected chi connectivity index (χ4v) is 31.9. The highest BCUT2D eigenvalue weighted by Gasteiger charge is 2.50. The maximum absolute atomic E-state index is 6.39. The zero-order valence-corrected chi connectivity index (χ0v) is 41.6. The summed E-state index contributed by atoms with van der Waals surface area (Å²) in [5.74, 6) is 0. The molecular formula is C36H78O6S7Si2. The molecule has 51 heavy (non-hydrogen) atoms. The Labute approximate surface area is 345 Å². The lowest BCUT2D eigenvalue weighted by atomic mass is 10.1. The van der Waals surface area contributed by atoms with Gasteiger partial charge < -0.3 is 26.6 Å². The predicted octanol–water partition coefficient (Wildman–Crippen LogP) is 15.4. The quantitative estimate of drug-likeness (QED) is 0.0332. The van der Waals surface area contributed by atoms with Gasteiger partial charge in [-0.15, -0.1) is 0 Å². The molecular weight excluding hydrogens is 809 g/mol. The smallest absolute Gasteiger partial charge is 0.373 e. The molecule has 0 rings (SSSR count). The molecule has 0 amide bonds. The minimum atomic E-state index is -2.81. The molecule has 0 fully saturated rings. The van der Waals surface area contributed by atoms with Crippen LogP contribution in [0.4, 0.5) is 0 Å². The van der Waals surface area contributed by atoms with Gasteiger partial charge in [0.25, 0.3) is 0 Å². The fourth-order valence-electron chi connectivity index (χ4n) is 6.02. The van der Waals surface area contributed by atoms with Crippen molar-refractivity contribution in [3.8, 4) is 0 Å². The Bertz CT molecular complexity index is 637. The van der Waals surface area contributed by atoms with E-state index >= 15 is 0 Å². The third kappa shape index (κ3) is 27.1. The lowest BCUT2D eigenvalue weighted by Crippen LogP contribution is -2.55. The van der Waals surface area contributed by atoms with Crippen LogP contribution in [0.1, 0.15) is 184 Å². The van der Waals surface area contributed by atoms with E-state index in [1.165, 1.54) is 116 Å². The van der Waals surface area contributed by atoms with Crippen molar-refractivity contribution in [2.45, 2.75) is 194 Å². The van der Waals surface area contributed by atoms with E-state index in [0.717, 1.165) is 12.8 Å². The standard InChI is InChI=1S/C36H78O6S7Si2/c1-9-17-19-21-23-25-27-29-31-33-35(50(37-11-3,38-12-4)39-13-5)43-45-47-49-48-46-44-36(51(40-14-6,41-15-7)42-16-8)34-32-30-28-26-24-22-20-18-10-2/h35-36H,9-34H2,1-8H3. The van der Waals surface area contributed by atoms with Crippen LogP contribution in [0.2, 0.25) is 0 Å². The molecule has 0 aromatic carbocycles. The topological polar surface area (TPSA) is 55.4 Å². The molecule has 0 aliphatic carbocycles. The van der Waals surface area contributed by atoms with Gasteiger partial charge in [0.15, 0.2) is 0 Å². The Morgan fingerprint density at radius 3 is 0.804 bits per heavy atom. The van der Waals surface area contributed by atoms with E-state index in [1.807, 2.05) is 70.7 Å². The molecule has 0 heterocycles. The van der Waals surface area contributed by atoms with Gasteiger partial charge in [-0.25, -0.2) is 0 Å². The van der Waals surface area contributed by atoms with Gasteiger partial charge in [0.1, 0.15) is 0 Å². The molecule has 15 heteroatoms. The molecule has 0 aromatic rings. The van der Waals surface area contributed by atoms with Crippen LogP contribution < -0.4 is 0 Å². The first kappa shape index (κ1) is 53.6. The van der Waals surface area contributed by atoms with Crippen molar-refractivity contribution < 1.29 is 26.6 Å². The minimum absolute atomic E-state index is 0.225. The molecule has 0 aliphatic heterocycles. The summed E-state index contributed by atoms with van der Waals surface area (Å²) in [4.78, 5) is 0.450. The highest BCUT2D eigenvalue weighted by atomic mass is 33.9. The van der Waals surface area contributed by atoms with Gasteiger partial charge in [0, 0.05) is 39.6 Å². The first-order chi connectivity index (χ1) is 25.0. The maximum atomic E-state index is 6.39. The summed E-state index contributed by atoms with van der Waals surface area (Å²) < 4.78 is 38.4. The van der Waals surface area contributed by atoms with E-state index in [4.69, 9.17) is 26.6 Å². The van der Waals surface area contributed by atoms with Gasteiger partial charge in [-0.1, -0.05) is 151 Å². The van der Waals surface area contributed by atoms with Gasteiger partial charge >= 0.3 is 17.6 Å². The van der Waals surface area contributed by atoms with Crippen molar-refractivity contribution in [2.75, 3.05) is 39.6 Å². The lowest BCUT2D eigenvalue weighted by molar-refractivity contribution is 0.0680. The van der Waals surface area contributed by atoms with Crippen LogP contribution in [0.5, 0.6) is 0 Å². The average molecular weight is 888 g/mol. The summed E-state index contributed by atoms with van der Waals surface area (Å²) in [5.41, 5.74) is 0. The second-order valence-corrected chi connectivity index (χ2v) is 30.4.